The van der Waals surface area contributed by atoms with Crippen LogP contribution in [0.5, 0.6) is 5.75 Å². The number of hydrogen-bond acceptors (Lipinski definition) is 9. The van der Waals surface area contributed by atoms with E-state index in [1.54, 1.807) is 48.9 Å². The standard InChI is InChI=1S/C38H34N4O6S/c1-6-19-48-30-18-17-27(20-23(30)3)33-28(22-41(40-33)29-11-9-8-10-12-29)21-31-35(43)42-34(25-13-15-26(16-14-25)36(44)46-5)32(37(45)47-7-2)24(4)39-38(42)49-31/h6,8-18,20-22,34H,1,7,19H2,2-5H3/b31-21-/t34-/m1/s1. The fourth-order valence-electron chi connectivity index (χ4n) is 5.71. The van der Waals surface area contributed by atoms with Crippen LogP contribution in [0.3, 0.4) is 0 Å². The van der Waals surface area contributed by atoms with Crippen molar-refractivity contribution in [3.63, 3.8) is 0 Å². The number of benzene rings is 3. The molecular weight excluding hydrogens is 641 g/mol. The van der Waals surface area contributed by atoms with Crippen LogP contribution in [0.15, 0.2) is 113 Å². The average Bonchev–Trinajstić information content (AvgIpc) is 3.67. The number of nitrogens with zero attached hydrogens (tertiary/aromatic N) is 4. The Labute approximate surface area is 286 Å². The minimum absolute atomic E-state index is 0.156. The molecule has 0 bridgehead atoms. The van der Waals surface area contributed by atoms with Gasteiger partial charge in [0, 0.05) is 17.3 Å². The number of thiazole rings is 1. The van der Waals surface area contributed by atoms with Crippen molar-refractivity contribution in [1.29, 1.82) is 0 Å². The third kappa shape index (κ3) is 6.53. The fourth-order valence-corrected chi connectivity index (χ4v) is 6.74. The zero-order valence-corrected chi connectivity index (χ0v) is 28.3. The Morgan fingerprint density at radius 2 is 1.78 bits per heavy atom. The van der Waals surface area contributed by atoms with Crippen molar-refractivity contribution < 1.29 is 23.8 Å². The van der Waals surface area contributed by atoms with Crippen LogP contribution in [0, 0.1) is 6.92 Å². The van der Waals surface area contributed by atoms with Crippen LogP contribution in [0.25, 0.3) is 23.0 Å². The van der Waals surface area contributed by atoms with Crippen LogP contribution in [0.2, 0.25) is 0 Å². The highest BCUT2D eigenvalue weighted by Gasteiger charge is 2.33. The summed E-state index contributed by atoms with van der Waals surface area (Å²) < 4.78 is 19.8. The number of esters is 2. The summed E-state index contributed by atoms with van der Waals surface area (Å²) in [7, 11) is 1.31. The first kappa shape index (κ1) is 33.1. The van der Waals surface area contributed by atoms with E-state index in [1.807, 2.05) is 67.7 Å². The van der Waals surface area contributed by atoms with Gasteiger partial charge in [-0.2, -0.15) is 5.10 Å². The molecule has 49 heavy (non-hydrogen) atoms. The minimum Gasteiger partial charge on any atom is -0.489 e. The summed E-state index contributed by atoms with van der Waals surface area (Å²) >= 11 is 1.22. The van der Waals surface area contributed by atoms with Crippen LogP contribution >= 0.6 is 11.3 Å². The molecule has 0 fully saturated rings. The number of aryl methyl sites for hydroxylation is 1. The summed E-state index contributed by atoms with van der Waals surface area (Å²) in [5, 5.41) is 4.94. The molecule has 5 aromatic rings. The second-order valence-electron chi connectivity index (χ2n) is 11.2. The van der Waals surface area contributed by atoms with Gasteiger partial charge in [-0.3, -0.25) is 9.36 Å². The molecule has 0 aliphatic carbocycles. The lowest BCUT2D eigenvalue weighted by Crippen LogP contribution is -2.40. The third-order valence-electron chi connectivity index (χ3n) is 8.02. The number of methoxy groups -OCH3 is 1. The van der Waals surface area contributed by atoms with E-state index in [4.69, 9.17) is 24.3 Å². The van der Waals surface area contributed by atoms with E-state index in [0.29, 0.717) is 44.0 Å². The molecule has 3 heterocycles. The number of rotatable bonds is 10. The number of aromatic nitrogens is 3. The van der Waals surface area contributed by atoms with Crippen molar-refractivity contribution in [1.82, 2.24) is 14.3 Å². The number of fused-ring (bicyclic) bond motifs is 1. The highest BCUT2D eigenvalue weighted by Crippen LogP contribution is 2.32. The predicted molar refractivity (Wildman–Crippen MR) is 188 cm³/mol. The van der Waals surface area contributed by atoms with E-state index in [9.17, 15) is 14.4 Å². The summed E-state index contributed by atoms with van der Waals surface area (Å²) in [6.07, 6.45) is 5.39. The maximum atomic E-state index is 14.4. The molecule has 1 aliphatic heterocycles. The zero-order chi connectivity index (χ0) is 34.7. The van der Waals surface area contributed by atoms with Crippen molar-refractivity contribution in [2.24, 2.45) is 4.99 Å². The summed E-state index contributed by atoms with van der Waals surface area (Å²) in [6, 6.07) is 21.4. The second kappa shape index (κ2) is 14.1. The number of hydrogen-bond donors (Lipinski definition) is 0. The van der Waals surface area contributed by atoms with Gasteiger partial charge in [0.15, 0.2) is 4.80 Å². The average molecular weight is 675 g/mol. The maximum absolute atomic E-state index is 14.4. The molecule has 248 valence electrons. The Morgan fingerprint density at radius 3 is 2.45 bits per heavy atom. The molecule has 2 aromatic heterocycles. The molecule has 3 aromatic carbocycles. The van der Waals surface area contributed by atoms with E-state index >= 15 is 0 Å². The van der Waals surface area contributed by atoms with Gasteiger partial charge in [0.05, 0.1) is 46.8 Å². The number of carbonyl (C=O) groups excluding carboxylic acids is 2. The van der Waals surface area contributed by atoms with Gasteiger partial charge in [-0.15, -0.1) is 0 Å². The zero-order valence-electron chi connectivity index (χ0n) is 27.5. The molecule has 0 saturated carbocycles. The molecule has 1 aliphatic rings. The van der Waals surface area contributed by atoms with E-state index in [2.05, 4.69) is 6.58 Å². The van der Waals surface area contributed by atoms with E-state index in [0.717, 1.165) is 22.6 Å². The monoisotopic (exact) mass is 674 g/mol. The van der Waals surface area contributed by atoms with Crippen molar-refractivity contribution in [2.45, 2.75) is 26.8 Å². The maximum Gasteiger partial charge on any atom is 0.338 e. The van der Waals surface area contributed by atoms with Gasteiger partial charge in [0.2, 0.25) is 0 Å². The highest BCUT2D eigenvalue weighted by molar-refractivity contribution is 7.07. The smallest absolute Gasteiger partial charge is 0.338 e. The fraction of sp³-hybridized carbons (Fsp3) is 0.184. The molecule has 6 rings (SSSR count). The van der Waals surface area contributed by atoms with Crippen molar-refractivity contribution in [2.75, 3.05) is 20.3 Å². The molecule has 0 radical (unpaired) electrons. The van der Waals surface area contributed by atoms with Gasteiger partial charge < -0.3 is 14.2 Å². The molecular formula is C38H34N4O6S. The summed E-state index contributed by atoms with van der Waals surface area (Å²) in [4.78, 5) is 45.0. The SMILES string of the molecule is C=CCOc1ccc(-c2nn(-c3ccccc3)cc2/C=c2\sc3n(c2=O)[C@H](c2ccc(C(=O)OC)cc2)C(C(=O)OCC)=C(C)N=3)cc1C. The van der Waals surface area contributed by atoms with Gasteiger partial charge in [0.1, 0.15) is 18.1 Å². The van der Waals surface area contributed by atoms with E-state index in [1.165, 1.54) is 23.0 Å². The predicted octanol–water partition coefficient (Wildman–Crippen LogP) is 5.31. The molecule has 1 atom stereocenters. The first-order valence-electron chi connectivity index (χ1n) is 15.6. The summed E-state index contributed by atoms with van der Waals surface area (Å²) in [5.41, 5.74) is 5.35. The Kier molecular flexibility index (Phi) is 9.54. The van der Waals surface area contributed by atoms with Gasteiger partial charge >= 0.3 is 11.9 Å². The van der Waals surface area contributed by atoms with Crippen molar-refractivity contribution in [3.05, 3.63) is 145 Å². The van der Waals surface area contributed by atoms with Crippen LogP contribution in [-0.4, -0.2) is 46.6 Å². The third-order valence-corrected chi connectivity index (χ3v) is 9.00. The number of ether oxygens (including phenoxy) is 3. The molecule has 0 amide bonds. The van der Waals surface area contributed by atoms with Gasteiger partial charge in [-0.25, -0.2) is 19.3 Å². The summed E-state index contributed by atoms with van der Waals surface area (Å²) in [5.74, 6) is -0.315. The van der Waals surface area contributed by atoms with Crippen LogP contribution in [0.4, 0.5) is 0 Å². The number of para-hydroxylation sites is 1. The number of carbonyl (C=O) groups is 2. The van der Waals surface area contributed by atoms with E-state index in [-0.39, 0.29) is 17.7 Å². The lowest BCUT2D eigenvalue weighted by atomic mass is 9.95. The molecule has 11 heteroatoms. The van der Waals surface area contributed by atoms with Gasteiger partial charge in [0.25, 0.3) is 5.56 Å². The lowest BCUT2D eigenvalue weighted by Gasteiger charge is -2.24. The van der Waals surface area contributed by atoms with Crippen LogP contribution in [-0.2, 0) is 14.3 Å². The molecule has 0 spiro atoms. The normalized spacial score (nSPS) is 14.2. The second-order valence-corrected chi connectivity index (χ2v) is 12.2. The quantitative estimate of drug-likeness (QED) is 0.146. The highest BCUT2D eigenvalue weighted by atomic mass is 32.1. The molecule has 0 N–H and O–H groups in total. The Balaban J connectivity index is 1.53. The Bertz CT molecular complexity index is 2280. The first-order chi connectivity index (χ1) is 23.7. The molecule has 10 nitrogen and oxygen atoms in total. The minimum atomic E-state index is -0.832. The number of allylic oxidation sites excluding steroid dienone is 1. The van der Waals surface area contributed by atoms with Gasteiger partial charge in [-0.05, 0) is 80.4 Å². The summed E-state index contributed by atoms with van der Waals surface area (Å²) in [6.45, 7) is 9.69. The Morgan fingerprint density at radius 1 is 1.02 bits per heavy atom. The van der Waals surface area contributed by atoms with E-state index < -0.39 is 18.0 Å². The topological polar surface area (TPSA) is 114 Å². The van der Waals surface area contributed by atoms with Crippen molar-refractivity contribution in [3.8, 4) is 22.7 Å². The largest absolute Gasteiger partial charge is 0.489 e. The molecule has 0 saturated heterocycles. The van der Waals surface area contributed by atoms with Crippen LogP contribution in [0.1, 0.15) is 46.9 Å². The van der Waals surface area contributed by atoms with Gasteiger partial charge in [-0.1, -0.05) is 54.3 Å². The first-order valence-corrected chi connectivity index (χ1v) is 16.4. The lowest BCUT2D eigenvalue weighted by molar-refractivity contribution is -0.139. The Hall–Kier alpha value is -5.81. The van der Waals surface area contributed by atoms with Crippen LogP contribution < -0.4 is 19.6 Å². The molecule has 0 unspecified atom stereocenters. The van der Waals surface area contributed by atoms with Crippen molar-refractivity contribution >= 4 is 29.4 Å².